The minimum Gasteiger partial charge on any atom is -0.314 e. The fourth-order valence-corrected chi connectivity index (χ4v) is 5.89. The molecule has 0 bridgehead atoms. The first-order chi connectivity index (χ1) is 9.61. The summed E-state index contributed by atoms with van der Waals surface area (Å²) in [5, 5.41) is 7.74. The van der Waals surface area contributed by atoms with Crippen LogP contribution in [-0.4, -0.2) is 24.2 Å². The molecule has 2 heteroatoms. The molecule has 6 atom stereocenters. The van der Waals surface area contributed by atoms with E-state index in [1.54, 1.807) is 0 Å². The van der Waals surface area contributed by atoms with E-state index in [-0.39, 0.29) is 0 Å². The second-order valence-electron chi connectivity index (χ2n) is 8.71. The molecule has 20 heavy (non-hydrogen) atoms. The van der Waals surface area contributed by atoms with Gasteiger partial charge in [0.2, 0.25) is 0 Å². The van der Waals surface area contributed by atoms with Gasteiger partial charge in [-0.15, -0.1) is 0 Å². The molecule has 4 fully saturated rings. The van der Waals surface area contributed by atoms with Gasteiger partial charge in [0.1, 0.15) is 0 Å². The average molecular weight is 276 g/mol. The van der Waals surface area contributed by atoms with Crippen LogP contribution in [0.3, 0.4) is 0 Å². The molecule has 2 aliphatic carbocycles. The Balaban J connectivity index is 1.38. The molecule has 0 aromatic carbocycles. The zero-order valence-corrected chi connectivity index (χ0v) is 13.4. The first kappa shape index (κ1) is 13.6. The van der Waals surface area contributed by atoms with Crippen LogP contribution in [0.4, 0.5) is 0 Å². The Morgan fingerprint density at radius 3 is 2.55 bits per heavy atom. The maximum Gasteiger partial charge on any atom is 0.0186 e. The Kier molecular flexibility index (Phi) is 3.20. The van der Waals surface area contributed by atoms with Crippen molar-refractivity contribution in [2.75, 3.05) is 6.54 Å². The van der Waals surface area contributed by atoms with Crippen LogP contribution in [0.5, 0.6) is 0 Å². The van der Waals surface area contributed by atoms with E-state index >= 15 is 0 Å². The van der Waals surface area contributed by atoms with Gasteiger partial charge in [0.05, 0.1) is 0 Å². The fourth-order valence-electron chi connectivity index (χ4n) is 5.89. The second-order valence-corrected chi connectivity index (χ2v) is 8.71. The number of piperidine rings is 2. The maximum atomic E-state index is 3.99. The van der Waals surface area contributed by atoms with Crippen molar-refractivity contribution >= 4 is 0 Å². The van der Waals surface area contributed by atoms with Crippen LogP contribution in [0, 0.1) is 17.3 Å². The van der Waals surface area contributed by atoms with E-state index in [2.05, 4.69) is 24.5 Å². The standard InChI is InChI=1S/C18H32N2/c1-13-5-8-17(12-19-13)11-16(17)15-6-9-18(10-15)7-3-4-14(2)20-18/h13-16,19-20H,3-12H2,1-2H3. The molecule has 2 nitrogen and oxygen atoms in total. The van der Waals surface area contributed by atoms with Gasteiger partial charge in [-0.05, 0) is 82.5 Å². The van der Waals surface area contributed by atoms with Crippen LogP contribution < -0.4 is 10.6 Å². The SMILES string of the molecule is CC1CCC2(CN1)CC2C1CCC2(CCCC(C)N2)C1. The molecular weight excluding hydrogens is 244 g/mol. The van der Waals surface area contributed by atoms with Crippen molar-refractivity contribution < 1.29 is 0 Å². The van der Waals surface area contributed by atoms with E-state index in [9.17, 15) is 0 Å². The maximum absolute atomic E-state index is 3.99. The van der Waals surface area contributed by atoms with Crippen LogP contribution in [0.1, 0.15) is 71.6 Å². The molecule has 114 valence electrons. The van der Waals surface area contributed by atoms with Gasteiger partial charge in [-0.2, -0.15) is 0 Å². The summed E-state index contributed by atoms with van der Waals surface area (Å²) in [5.41, 5.74) is 1.27. The van der Waals surface area contributed by atoms with E-state index in [1.165, 1.54) is 64.3 Å². The predicted molar refractivity (Wildman–Crippen MR) is 83.8 cm³/mol. The number of nitrogens with one attached hydrogen (secondary N) is 2. The first-order valence-corrected chi connectivity index (χ1v) is 9.12. The number of hydrogen-bond donors (Lipinski definition) is 2. The van der Waals surface area contributed by atoms with Crippen molar-refractivity contribution in [2.24, 2.45) is 17.3 Å². The highest BCUT2D eigenvalue weighted by atomic mass is 15.0. The minimum atomic E-state index is 0.543. The van der Waals surface area contributed by atoms with Gasteiger partial charge in [-0.3, -0.25) is 0 Å². The Hall–Kier alpha value is -0.0800. The zero-order valence-electron chi connectivity index (χ0n) is 13.4. The molecule has 2 heterocycles. The molecule has 2 N–H and O–H groups in total. The van der Waals surface area contributed by atoms with E-state index in [1.807, 2.05) is 0 Å². The first-order valence-electron chi connectivity index (χ1n) is 9.12. The van der Waals surface area contributed by atoms with Gasteiger partial charge in [-0.25, -0.2) is 0 Å². The van der Waals surface area contributed by atoms with E-state index in [4.69, 9.17) is 0 Å². The highest BCUT2D eigenvalue weighted by Gasteiger charge is 2.59. The van der Waals surface area contributed by atoms with Crippen molar-refractivity contribution in [3.05, 3.63) is 0 Å². The molecule has 2 aliphatic heterocycles. The van der Waals surface area contributed by atoms with Crippen LogP contribution in [0.25, 0.3) is 0 Å². The molecule has 4 rings (SSSR count). The Morgan fingerprint density at radius 2 is 1.80 bits per heavy atom. The van der Waals surface area contributed by atoms with E-state index < -0.39 is 0 Å². The van der Waals surface area contributed by atoms with Crippen molar-refractivity contribution in [1.82, 2.24) is 10.6 Å². The molecular formula is C18H32N2. The monoisotopic (exact) mass is 276 g/mol. The third-order valence-corrected chi connectivity index (χ3v) is 7.19. The summed E-state index contributed by atoms with van der Waals surface area (Å²) in [4.78, 5) is 0. The van der Waals surface area contributed by atoms with Gasteiger partial charge in [-0.1, -0.05) is 6.42 Å². The fraction of sp³-hybridized carbons (Fsp3) is 1.00. The van der Waals surface area contributed by atoms with Gasteiger partial charge in [0.15, 0.2) is 0 Å². The largest absolute Gasteiger partial charge is 0.314 e. The van der Waals surface area contributed by atoms with Crippen molar-refractivity contribution in [3.8, 4) is 0 Å². The van der Waals surface area contributed by atoms with Crippen LogP contribution in [0.2, 0.25) is 0 Å². The number of rotatable bonds is 1. The van der Waals surface area contributed by atoms with Gasteiger partial charge < -0.3 is 10.6 Å². The van der Waals surface area contributed by atoms with E-state index in [0.29, 0.717) is 5.54 Å². The summed E-state index contributed by atoms with van der Waals surface area (Å²) in [6.45, 7) is 6.05. The molecule has 0 radical (unpaired) electrons. The third kappa shape index (κ3) is 2.23. The summed E-state index contributed by atoms with van der Waals surface area (Å²) < 4.78 is 0. The molecule has 2 saturated heterocycles. The lowest BCUT2D eigenvalue weighted by atomic mass is 9.82. The van der Waals surface area contributed by atoms with Crippen LogP contribution in [-0.2, 0) is 0 Å². The normalized spacial score (nSPS) is 55.5. The lowest BCUT2D eigenvalue weighted by molar-refractivity contribution is 0.200. The molecule has 2 spiro atoms. The lowest BCUT2D eigenvalue weighted by Gasteiger charge is -2.39. The smallest absolute Gasteiger partial charge is 0.0186 e. The molecule has 0 aromatic heterocycles. The summed E-state index contributed by atoms with van der Waals surface area (Å²) in [5.74, 6) is 2.09. The van der Waals surface area contributed by atoms with Crippen molar-refractivity contribution in [2.45, 2.75) is 89.3 Å². The third-order valence-electron chi connectivity index (χ3n) is 7.19. The van der Waals surface area contributed by atoms with Crippen LogP contribution in [0.15, 0.2) is 0 Å². The highest BCUT2D eigenvalue weighted by molar-refractivity contribution is 5.12. The van der Waals surface area contributed by atoms with Crippen molar-refractivity contribution in [3.63, 3.8) is 0 Å². The molecule has 6 unspecified atom stereocenters. The molecule has 0 aromatic rings. The highest BCUT2D eigenvalue weighted by Crippen LogP contribution is 2.64. The Labute approximate surface area is 124 Å². The van der Waals surface area contributed by atoms with Crippen molar-refractivity contribution in [1.29, 1.82) is 0 Å². The Morgan fingerprint density at radius 1 is 0.900 bits per heavy atom. The van der Waals surface area contributed by atoms with Gasteiger partial charge >= 0.3 is 0 Å². The summed E-state index contributed by atoms with van der Waals surface area (Å²) in [6, 6.07) is 1.52. The second kappa shape index (κ2) is 4.71. The van der Waals surface area contributed by atoms with Crippen LogP contribution >= 0.6 is 0 Å². The van der Waals surface area contributed by atoms with E-state index in [0.717, 1.165) is 29.3 Å². The summed E-state index contributed by atoms with van der Waals surface area (Å²) in [6.07, 6.45) is 13.2. The quantitative estimate of drug-likeness (QED) is 0.766. The number of hydrogen-bond acceptors (Lipinski definition) is 2. The van der Waals surface area contributed by atoms with Gasteiger partial charge in [0, 0.05) is 24.2 Å². The lowest BCUT2D eigenvalue weighted by Crippen LogP contribution is -2.51. The topological polar surface area (TPSA) is 24.1 Å². The minimum absolute atomic E-state index is 0.543. The summed E-state index contributed by atoms with van der Waals surface area (Å²) in [7, 11) is 0. The zero-order chi connectivity index (χ0) is 13.8. The molecule has 4 aliphatic rings. The Bertz CT molecular complexity index is 372. The molecule has 2 saturated carbocycles. The average Bonchev–Trinajstić information content (AvgIpc) is 2.99. The molecule has 0 amide bonds. The predicted octanol–water partition coefficient (Wildman–Crippen LogP) is 3.47. The summed E-state index contributed by atoms with van der Waals surface area (Å²) >= 11 is 0. The van der Waals surface area contributed by atoms with Gasteiger partial charge in [0.25, 0.3) is 0 Å².